The van der Waals surface area contributed by atoms with Gasteiger partial charge in [-0.15, -0.1) is 0 Å². The molecule has 10 heavy (non-hydrogen) atoms. The van der Waals surface area contributed by atoms with Crippen LogP contribution in [0.2, 0.25) is 0 Å². The Morgan fingerprint density at radius 3 is 1.80 bits per heavy atom. The number of hydrogen-bond acceptors (Lipinski definition) is 2. The van der Waals surface area contributed by atoms with Gasteiger partial charge in [-0.2, -0.15) is 25.3 Å². The Hall–Kier alpha value is 0.700. The van der Waals surface area contributed by atoms with Gasteiger partial charge in [0.15, 0.2) is 0 Å². The average molecular weight is 178 g/mol. The maximum atomic E-state index is 4.33. The highest BCUT2D eigenvalue weighted by atomic mass is 32.1. The largest absolute Gasteiger partial charge is 0.179 e. The van der Waals surface area contributed by atoms with Crippen LogP contribution in [0.5, 0.6) is 0 Å². The molecule has 1 unspecified atom stereocenters. The smallest absolute Gasteiger partial charge is 0.00334 e. The second-order valence-electron chi connectivity index (χ2n) is 3.28. The van der Waals surface area contributed by atoms with Gasteiger partial charge in [-0.05, 0) is 22.8 Å². The zero-order valence-electron chi connectivity index (χ0n) is 7.09. The lowest BCUT2D eigenvalue weighted by Gasteiger charge is -2.32. The van der Waals surface area contributed by atoms with E-state index in [0.29, 0.717) is 5.41 Å². The summed E-state index contributed by atoms with van der Waals surface area (Å²) in [5, 5.41) is 0. The quantitative estimate of drug-likeness (QED) is 0.608. The molecular weight excluding hydrogens is 160 g/mol. The van der Waals surface area contributed by atoms with Crippen molar-refractivity contribution in [1.29, 1.82) is 0 Å². The van der Waals surface area contributed by atoms with E-state index in [1.54, 1.807) is 0 Å². The Morgan fingerprint density at radius 1 is 1.30 bits per heavy atom. The molecule has 0 saturated heterocycles. The Morgan fingerprint density at radius 2 is 1.70 bits per heavy atom. The Bertz CT molecular complexity index is 87.3. The van der Waals surface area contributed by atoms with Crippen LogP contribution in [-0.2, 0) is 0 Å². The highest BCUT2D eigenvalue weighted by Gasteiger charge is 2.26. The van der Waals surface area contributed by atoms with Crippen LogP contribution in [0.1, 0.15) is 27.2 Å². The summed E-state index contributed by atoms with van der Waals surface area (Å²) in [6.07, 6.45) is 1.22. The molecule has 0 spiro atoms. The molecule has 0 bridgehead atoms. The van der Waals surface area contributed by atoms with Crippen LogP contribution in [0.25, 0.3) is 0 Å². The normalized spacial score (nSPS) is 15.3. The molecule has 0 aliphatic heterocycles. The first-order valence-corrected chi connectivity index (χ1v) is 5.09. The van der Waals surface area contributed by atoms with Crippen LogP contribution in [0.4, 0.5) is 0 Å². The molecule has 0 saturated carbocycles. The summed E-state index contributed by atoms with van der Waals surface area (Å²) in [6, 6.07) is 0. The molecule has 0 fully saturated rings. The van der Waals surface area contributed by atoms with Crippen LogP contribution in [0, 0.1) is 11.3 Å². The molecule has 0 rings (SSSR count). The van der Waals surface area contributed by atoms with E-state index in [2.05, 4.69) is 46.0 Å². The molecule has 0 aromatic carbocycles. The standard InChI is InChI=1S/C8H18S2/c1-4-7(2)8(3,5-9)6-10/h7,9-10H,4-6H2,1-3H3. The fraction of sp³-hybridized carbons (Fsp3) is 1.00. The van der Waals surface area contributed by atoms with Crippen LogP contribution < -0.4 is 0 Å². The van der Waals surface area contributed by atoms with Crippen molar-refractivity contribution < 1.29 is 0 Å². The molecule has 0 heterocycles. The van der Waals surface area contributed by atoms with Crippen molar-refractivity contribution in [3.05, 3.63) is 0 Å². The number of rotatable bonds is 4. The first-order chi connectivity index (χ1) is 4.60. The zero-order valence-corrected chi connectivity index (χ0v) is 8.88. The van der Waals surface area contributed by atoms with Crippen molar-refractivity contribution in [2.24, 2.45) is 11.3 Å². The summed E-state index contributed by atoms with van der Waals surface area (Å²) in [5.41, 5.74) is 0.320. The highest BCUT2D eigenvalue weighted by molar-refractivity contribution is 7.81. The predicted octanol–water partition coefficient (Wildman–Crippen LogP) is 2.90. The molecule has 0 nitrogen and oxygen atoms in total. The van der Waals surface area contributed by atoms with E-state index in [-0.39, 0.29) is 0 Å². The minimum atomic E-state index is 0.320. The van der Waals surface area contributed by atoms with Gasteiger partial charge in [0.25, 0.3) is 0 Å². The first kappa shape index (κ1) is 10.7. The summed E-state index contributed by atoms with van der Waals surface area (Å²) in [7, 11) is 0. The molecule has 0 aromatic rings. The van der Waals surface area contributed by atoms with Gasteiger partial charge < -0.3 is 0 Å². The molecule has 62 valence electrons. The van der Waals surface area contributed by atoms with Gasteiger partial charge in [0, 0.05) is 0 Å². The molecule has 0 aliphatic carbocycles. The Kier molecular flexibility index (Phi) is 4.87. The van der Waals surface area contributed by atoms with Crippen molar-refractivity contribution in [2.45, 2.75) is 27.2 Å². The lowest BCUT2D eigenvalue weighted by atomic mass is 9.80. The third-order valence-corrected chi connectivity index (χ3v) is 3.97. The van der Waals surface area contributed by atoms with Crippen LogP contribution in [-0.4, -0.2) is 11.5 Å². The second-order valence-corrected chi connectivity index (χ2v) is 3.91. The van der Waals surface area contributed by atoms with Gasteiger partial charge in [0.1, 0.15) is 0 Å². The van der Waals surface area contributed by atoms with E-state index in [0.717, 1.165) is 17.4 Å². The summed E-state index contributed by atoms with van der Waals surface area (Å²) in [6.45, 7) is 6.74. The third kappa shape index (κ3) is 2.39. The van der Waals surface area contributed by atoms with Crippen molar-refractivity contribution in [3.8, 4) is 0 Å². The van der Waals surface area contributed by atoms with Gasteiger partial charge >= 0.3 is 0 Å². The van der Waals surface area contributed by atoms with E-state index >= 15 is 0 Å². The minimum Gasteiger partial charge on any atom is -0.179 e. The lowest BCUT2D eigenvalue weighted by molar-refractivity contribution is 0.270. The maximum Gasteiger partial charge on any atom is -0.00334 e. The fourth-order valence-electron chi connectivity index (χ4n) is 0.854. The SMILES string of the molecule is CCC(C)C(C)(CS)CS. The van der Waals surface area contributed by atoms with Gasteiger partial charge in [-0.3, -0.25) is 0 Å². The van der Waals surface area contributed by atoms with Gasteiger partial charge in [-0.1, -0.05) is 27.2 Å². The Labute approximate surface area is 75.6 Å². The summed E-state index contributed by atoms with van der Waals surface area (Å²) in [4.78, 5) is 0. The van der Waals surface area contributed by atoms with Crippen LogP contribution >= 0.6 is 25.3 Å². The van der Waals surface area contributed by atoms with E-state index in [9.17, 15) is 0 Å². The van der Waals surface area contributed by atoms with E-state index < -0.39 is 0 Å². The zero-order chi connectivity index (χ0) is 8.20. The van der Waals surface area contributed by atoms with Gasteiger partial charge in [0.2, 0.25) is 0 Å². The monoisotopic (exact) mass is 178 g/mol. The highest BCUT2D eigenvalue weighted by Crippen LogP contribution is 2.31. The first-order valence-electron chi connectivity index (χ1n) is 3.82. The van der Waals surface area contributed by atoms with E-state index in [4.69, 9.17) is 0 Å². The molecule has 0 aliphatic rings. The van der Waals surface area contributed by atoms with Crippen LogP contribution in [0.15, 0.2) is 0 Å². The molecule has 0 amide bonds. The fourth-order valence-corrected chi connectivity index (χ4v) is 1.88. The van der Waals surface area contributed by atoms with Crippen molar-refractivity contribution >= 4 is 25.3 Å². The van der Waals surface area contributed by atoms with E-state index in [1.807, 2.05) is 0 Å². The van der Waals surface area contributed by atoms with Gasteiger partial charge in [0.05, 0.1) is 0 Å². The summed E-state index contributed by atoms with van der Waals surface area (Å²) < 4.78 is 0. The molecule has 1 atom stereocenters. The molecule has 2 heteroatoms. The van der Waals surface area contributed by atoms with Gasteiger partial charge in [-0.25, -0.2) is 0 Å². The van der Waals surface area contributed by atoms with Crippen molar-refractivity contribution in [1.82, 2.24) is 0 Å². The third-order valence-electron chi connectivity index (χ3n) is 2.52. The second kappa shape index (κ2) is 4.55. The molecule has 0 N–H and O–H groups in total. The Balaban J connectivity index is 4.02. The minimum absolute atomic E-state index is 0.320. The average Bonchev–Trinajstić information content (AvgIpc) is 2.01. The van der Waals surface area contributed by atoms with Crippen molar-refractivity contribution in [3.63, 3.8) is 0 Å². The van der Waals surface area contributed by atoms with E-state index in [1.165, 1.54) is 6.42 Å². The summed E-state index contributed by atoms with van der Waals surface area (Å²) >= 11 is 8.65. The molecule has 0 radical (unpaired) electrons. The lowest BCUT2D eigenvalue weighted by Crippen LogP contribution is -2.28. The predicted molar refractivity (Wildman–Crippen MR) is 55.3 cm³/mol. The summed E-state index contributed by atoms with van der Waals surface area (Å²) in [5.74, 6) is 2.60. The number of thiol groups is 2. The van der Waals surface area contributed by atoms with Crippen LogP contribution in [0.3, 0.4) is 0 Å². The van der Waals surface area contributed by atoms with Crippen molar-refractivity contribution in [2.75, 3.05) is 11.5 Å². The maximum absolute atomic E-state index is 4.33. The molecule has 0 aromatic heterocycles. The topological polar surface area (TPSA) is 0 Å². The molecular formula is C8H18S2. The number of hydrogen-bond donors (Lipinski definition) is 2.